The number of hydrogen-bond donors (Lipinski definition) is 4. The van der Waals surface area contributed by atoms with Crippen molar-refractivity contribution in [2.45, 2.75) is 206 Å². The Morgan fingerprint density at radius 1 is 0.494 bits per heavy atom. The average Bonchev–Trinajstić information content (AvgIpc) is 4.27. The van der Waals surface area contributed by atoms with E-state index in [0.717, 1.165) is 96.3 Å². The summed E-state index contributed by atoms with van der Waals surface area (Å²) in [5, 5.41) is 29.0. The standard InChI is InChI=1S/C69H100N8O8/c1-15-23-27-44(19-5)40-82-64(78)47-31-48(65(79)83-41-45(20-6)28-24-16-2)34-51(33-47)74-76-62-56(68(9,10)11)37-54(60(62)70)58-39-59(73-43-72-58)55-38-57(69(12,13)14)63(61(55)71)77-75-52-35-49(66(80)84-42-46(21-7)29-25-17-3)32-50(36-52)67(81)85-53(22-8)30-26-18-4/h31-39,43-46,53,56-57,70-71,74-75H,15-30,40-42H2,1-14H3/b70-60?,71-61?,76-62+,77-63+. The van der Waals surface area contributed by atoms with Crippen molar-refractivity contribution >= 4 is 69.2 Å². The van der Waals surface area contributed by atoms with Crippen molar-refractivity contribution in [1.82, 2.24) is 9.97 Å². The number of carbonyl (C=O) groups is 4. The number of nitrogens with zero attached hydrogens (tertiary/aromatic N) is 4. The highest BCUT2D eigenvalue weighted by atomic mass is 16.5. The van der Waals surface area contributed by atoms with Crippen molar-refractivity contribution in [3.8, 4) is 0 Å². The molecular formula is C69H100N8O8. The van der Waals surface area contributed by atoms with Crippen LogP contribution >= 0.6 is 0 Å². The van der Waals surface area contributed by atoms with Crippen LogP contribution < -0.4 is 10.9 Å². The van der Waals surface area contributed by atoms with Crippen LogP contribution in [-0.2, 0) is 18.9 Å². The van der Waals surface area contributed by atoms with Crippen LogP contribution in [0, 0.1) is 51.2 Å². The molecule has 6 unspecified atom stereocenters. The lowest BCUT2D eigenvalue weighted by Crippen LogP contribution is -2.28. The van der Waals surface area contributed by atoms with Crippen LogP contribution in [0.3, 0.4) is 0 Å². The number of anilines is 2. The maximum absolute atomic E-state index is 13.8. The Balaban J connectivity index is 1.46. The van der Waals surface area contributed by atoms with Crippen LogP contribution in [0.5, 0.6) is 0 Å². The molecule has 0 aliphatic heterocycles. The van der Waals surface area contributed by atoms with Gasteiger partial charge in [-0.15, -0.1) is 0 Å². The molecule has 0 saturated heterocycles. The maximum Gasteiger partial charge on any atom is 0.338 e. The number of allylic oxidation sites excluding steroid dienone is 4. The van der Waals surface area contributed by atoms with Gasteiger partial charge in [0.1, 0.15) is 12.4 Å². The minimum atomic E-state index is -0.551. The lowest BCUT2D eigenvalue weighted by atomic mass is 9.79. The van der Waals surface area contributed by atoms with E-state index in [4.69, 9.17) is 29.2 Å². The summed E-state index contributed by atoms with van der Waals surface area (Å²) in [7, 11) is 0. The Morgan fingerprint density at radius 3 is 1.15 bits per heavy atom. The number of unbranched alkanes of at least 4 members (excludes halogenated alkanes) is 4. The largest absolute Gasteiger partial charge is 0.462 e. The zero-order chi connectivity index (χ0) is 62.4. The highest BCUT2D eigenvalue weighted by molar-refractivity contribution is 6.61. The van der Waals surface area contributed by atoms with Gasteiger partial charge < -0.3 is 18.9 Å². The highest BCUT2D eigenvalue weighted by Gasteiger charge is 2.40. The number of nitrogens with one attached hydrogen (secondary N) is 4. The first-order chi connectivity index (χ1) is 40.5. The minimum Gasteiger partial charge on any atom is -0.462 e. The average molecular weight is 1170 g/mol. The molecule has 0 amide bonds. The number of hydrogen-bond acceptors (Lipinski definition) is 16. The van der Waals surface area contributed by atoms with Gasteiger partial charge in [-0.25, -0.2) is 29.1 Å². The van der Waals surface area contributed by atoms with Crippen molar-refractivity contribution in [3.05, 3.63) is 94.6 Å². The van der Waals surface area contributed by atoms with Crippen LogP contribution in [0.1, 0.15) is 252 Å². The second-order valence-corrected chi connectivity index (χ2v) is 25.3. The van der Waals surface area contributed by atoms with Gasteiger partial charge >= 0.3 is 23.9 Å². The molecule has 1 heterocycles. The zero-order valence-corrected chi connectivity index (χ0v) is 53.7. The molecule has 4 N–H and O–H groups in total. The van der Waals surface area contributed by atoms with E-state index in [1.54, 1.807) is 30.3 Å². The number of carbonyl (C=O) groups excluding carboxylic acids is 4. The molecule has 2 aliphatic carbocycles. The smallest absolute Gasteiger partial charge is 0.338 e. The fourth-order valence-corrected chi connectivity index (χ4v) is 10.5. The first-order valence-corrected chi connectivity index (χ1v) is 31.7. The van der Waals surface area contributed by atoms with Gasteiger partial charge in [0, 0.05) is 23.0 Å². The van der Waals surface area contributed by atoms with E-state index < -0.39 is 34.7 Å². The monoisotopic (exact) mass is 1170 g/mol. The molecule has 3 aromatic rings. The summed E-state index contributed by atoms with van der Waals surface area (Å²) < 4.78 is 23.6. The molecule has 2 aliphatic rings. The summed E-state index contributed by atoms with van der Waals surface area (Å²) in [4.78, 5) is 64.4. The molecule has 1 aromatic heterocycles. The van der Waals surface area contributed by atoms with E-state index in [1.807, 2.05) is 19.1 Å². The maximum atomic E-state index is 13.8. The third-order valence-electron chi connectivity index (χ3n) is 16.4. The van der Waals surface area contributed by atoms with E-state index in [-0.39, 0.29) is 89.2 Å². The van der Waals surface area contributed by atoms with Gasteiger partial charge in [0.2, 0.25) is 0 Å². The Morgan fingerprint density at radius 2 is 0.835 bits per heavy atom. The van der Waals surface area contributed by atoms with Crippen molar-refractivity contribution < 1.29 is 38.1 Å². The van der Waals surface area contributed by atoms with Crippen molar-refractivity contribution in [1.29, 1.82) is 10.8 Å². The van der Waals surface area contributed by atoms with Gasteiger partial charge in [0.25, 0.3) is 0 Å². The van der Waals surface area contributed by atoms with Gasteiger partial charge in [0.15, 0.2) is 0 Å². The summed E-state index contributed by atoms with van der Waals surface area (Å²) in [6.45, 7) is 30.0. The highest BCUT2D eigenvalue weighted by Crippen LogP contribution is 2.41. The van der Waals surface area contributed by atoms with E-state index >= 15 is 0 Å². The molecule has 0 bridgehead atoms. The minimum absolute atomic E-state index is 0.124. The number of esters is 4. The van der Waals surface area contributed by atoms with Crippen LogP contribution in [0.25, 0.3) is 11.1 Å². The van der Waals surface area contributed by atoms with Gasteiger partial charge in [-0.3, -0.25) is 21.7 Å². The molecule has 2 aromatic carbocycles. The van der Waals surface area contributed by atoms with E-state index in [0.29, 0.717) is 51.8 Å². The van der Waals surface area contributed by atoms with E-state index in [1.165, 1.54) is 18.5 Å². The third-order valence-corrected chi connectivity index (χ3v) is 16.4. The molecule has 0 spiro atoms. The molecule has 16 heteroatoms. The van der Waals surface area contributed by atoms with Gasteiger partial charge in [-0.1, -0.05) is 180 Å². The van der Waals surface area contributed by atoms with Gasteiger partial charge in [-0.2, -0.15) is 10.2 Å². The number of aromatic nitrogens is 2. The van der Waals surface area contributed by atoms with Crippen molar-refractivity contribution in [3.63, 3.8) is 0 Å². The first-order valence-electron chi connectivity index (χ1n) is 31.7. The number of benzene rings is 2. The molecule has 85 heavy (non-hydrogen) atoms. The fraction of sp³-hybridized carbons (Fsp3) is 0.594. The molecule has 0 fully saturated rings. The lowest BCUT2D eigenvalue weighted by Gasteiger charge is -2.25. The molecule has 6 atom stereocenters. The molecule has 0 saturated carbocycles. The third kappa shape index (κ3) is 19.9. The van der Waals surface area contributed by atoms with Gasteiger partial charge in [-0.05, 0) is 103 Å². The lowest BCUT2D eigenvalue weighted by molar-refractivity contribution is 0.0267. The van der Waals surface area contributed by atoms with Crippen molar-refractivity contribution in [2.75, 3.05) is 30.7 Å². The summed E-state index contributed by atoms with van der Waals surface area (Å²) in [6, 6.07) is 11.3. The Kier molecular flexibility index (Phi) is 26.9. The molecule has 0 radical (unpaired) electrons. The number of rotatable bonds is 33. The normalized spacial score (nSPS) is 17.7. The second kappa shape index (κ2) is 33.2. The van der Waals surface area contributed by atoms with Crippen LogP contribution in [0.15, 0.2) is 71.1 Å². The molecule has 16 nitrogen and oxygen atoms in total. The summed E-state index contributed by atoms with van der Waals surface area (Å²) in [6.07, 6.45) is 20.1. The SMILES string of the molecule is CCCCC(CC)COC(=O)c1cc(N/N=C2/C(=N)C(c3cc(C4=CC(C(C)(C)C)/C(=N\Nc5cc(C(=O)OCC(CC)CCCC)cc(C(=O)OC(CC)CCCC)c5)C4=N)ncn3)=CC2C(C)(C)C)cc(C(=O)OCC(CC)CCCC)c1. The van der Waals surface area contributed by atoms with Crippen LogP contribution in [0.4, 0.5) is 11.4 Å². The quantitative estimate of drug-likeness (QED) is 0.0254. The fourth-order valence-electron chi connectivity index (χ4n) is 10.5. The van der Waals surface area contributed by atoms with E-state index in [9.17, 15) is 30.0 Å². The Hall–Kier alpha value is -6.84. The second-order valence-electron chi connectivity index (χ2n) is 25.3. The van der Waals surface area contributed by atoms with Crippen LogP contribution in [0.2, 0.25) is 0 Å². The summed E-state index contributed by atoms with van der Waals surface area (Å²) in [5.41, 5.74) is 9.91. The molecule has 5 rings (SSSR count). The summed E-state index contributed by atoms with van der Waals surface area (Å²) in [5.74, 6) is -2.26. The van der Waals surface area contributed by atoms with Crippen molar-refractivity contribution in [2.24, 2.45) is 50.6 Å². The predicted molar refractivity (Wildman–Crippen MR) is 344 cm³/mol. The predicted octanol–water partition coefficient (Wildman–Crippen LogP) is 16.8. The number of ether oxygens (including phenoxy) is 4. The Bertz CT molecular complexity index is 2860. The number of hydrazone groups is 2. The van der Waals surface area contributed by atoms with Gasteiger partial charge in [0.05, 0.1) is 87.7 Å². The molecular weight excluding hydrogens is 1070 g/mol. The molecule has 464 valence electrons. The first kappa shape index (κ1) is 68.9. The summed E-state index contributed by atoms with van der Waals surface area (Å²) >= 11 is 0. The van der Waals surface area contributed by atoms with Crippen LogP contribution in [-0.4, -0.2) is 82.6 Å². The zero-order valence-electron chi connectivity index (χ0n) is 53.7. The van der Waals surface area contributed by atoms with E-state index in [2.05, 4.69) is 111 Å². The Labute approximate surface area is 507 Å². The topological polar surface area (TPSA) is 227 Å².